The highest BCUT2D eigenvalue weighted by Gasteiger charge is 2.08. The summed E-state index contributed by atoms with van der Waals surface area (Å²) in [6, 6.07) is 4.37. The van der Waals surface area contributed by atoms with Gasteiger partial charge in [0, 0.05) is 16.0 Å². The summed E-state index contributed by atoms with van der Waals surface area (Å²) >= 11 is 2.02. The minimum absolute atomic E-state index is 0.0771. The lowest BCUT2D eigenvalue weighted by Gasteiger charge is -2.09. The van der Waals surface area contributed by atoms with E-state index in [1.54, 1.807) is 29.4 Å². The second kappa shape index (κ2) is 5.60. The maximum absolute atomic E-state index is 13.1. The Morgan fingerprint density at radius 1 is 1.24 bits per heavy atom. The number of imidazole rings is 1. The maximum atomic E-state index is 13.1. The Hall–Kier alpha value is -2.30. The highest BCUT2D eigenvalue weighted by Crippen LogP contribution is 2.22. The summed E-state index contributed by atoms with van der Waals surface area (Å²) in [7, 11) is 0. The lowest BCUT2D eigenvalue weighted by molar-refractivity contribution is 0.627. The van der Waals surface area contributed by atoms with Gasteiger partial charge in [0.2, 0.25) is 17.8 Å². The maximum Gasteiger partial charge on any atom is 0.241 e. The van der Waals surface area contributed by atoms with E-state index in [1.165, 1.54) is 12.1 Å². The molecule has 3 N–H and O–H groups in total. The number of nitrogens with one attached hydrogen (secondary N) is 1. The van der Waals surface area contributed by atoms with E-state index in [9.17, 15) is 4.39 Å². The molecule has 106 valence electrons. The number of nitrogens with zero attached hydrogens (tertiary/aromatic N) is 5. The Morgan fingerprint density at radius 3 is 2.81 bits per heavy atom. The number of benzene rings is 1. The monoisotopic (exact) mass is 397 g/mol. The third-order valence-electron chi connectivity index (χ3n) is 2.55. The lowest BCUT2D eigenvalue weighted by Crippen LogP contribution is -2.08. The summed E-state index contributed by atoms with van der Waals surface area (Å²) in [5, 5.41) is 2.99. The zero-order chi connectivity index (χ0) is 14.8. The molecule has 0 atom stereocenters. The molecule has 21 heavy (non-hydrogen) atoms. The molecule has 0 aliphatic heterocycles. The molecule has 9 heteroatoms. The molecule has 7 nitrogen and oxygen atoms in total. The van der Waals surface area contributed by atoms with Crippen molar-refractivity contribution in [3.8, 4) is 5.95 Å². The van der Waals surface area contributed by atoms with Gasteiger partial charge < -0.3 is 11.1 Å². The summed E-state index contributed by atoms with van der Waals surface area (Å²) in [6.07, 6.45) is 4.86. The molecule has 0 amide bonds. The molecule has 0 aliphatic carbocycles. The van der Waals surface area contributed by atoms with Crippen molar-refractivity contribution in [2.75, 3.05) is 11.1 Å². The van der Waals surface area contributed by atoms with E-state index in [4.69, 9.17) is 5.73 Å². The Morgan fingerprint density at radius 2 is 2.10 bits per heavy atom. The van der Waals surface area contributed by atoms with Crippen molar-refractivity contribution in [1.29, 1.82) is 0 Å². The van der Waals surface area contributed by atoms with Gasteiger partial charge in [0.15, 0.2) is 0 Å². The number of anilines is 3. The molecule has 0 saturated heterocycles. The van der Waals surface area contributed by atoms with Crippen molar-refractivity contribution in [2.24, 2.45) is 0 Å². The standard InChI is InChI=1S/C12H9FIN7/c13-7-1-2-9(8(14)5-7)17-11-18-10(15)19-12(20-11)21-4-3-16-6-21/h1-6H,(H3,15,17,18,19,20). The first kappa shape index (κ1) is 13.7. The van der Waals surface area contributed by atoms with Crippen LogP contribution in [0.2, 0.25) is 0 Å². The first-order chi connectivity index (χ1) is 10.1. The number of nitrogens with two attached hydrogens (primary N) is 1. The van der Waals surface area contributed by atoms with E-state index >= 15 is 0 Å². The van der Waals surface area contributed by atoms with Crippen LogP contribution in [0.25, 0.3) is 5.95 Å². The van der Waals surface area contributed by atoms with Crippen LogP contribution >= 0.6 is 22.6 Å². The van der Waals surface area contributed by atoms with Gasteiger partial charge in [0.1, 0.15) is 12.1 Å². The zero-order valence-electron chi connectivity index (χ0n) is 10.5. The number of nitrogen functional groups attached to an aromatic ring is 1. The van der Waals surface area contributed by atoms with Crippen molar-refractivity contribution < 1.29 is 4.39 Å². The number of halogens is 2. The van der Waals surface area contributed by atoms with Gasteiger partial charge in [0.05, 0.1) is 5.69 Å². The molecule has 0 fully saturated rings. The molecular weight excluding hydrogens is 388 g/mol. The Kier molecular flexibility index (Phi) is 3.64. The number of aromatic nitrogens is 5. The van der Waals surface area contributed by atoms with Gasteiger partial charge in [0.25, 0.3) is 0 Å². The van der Waals surface area contributed by atoms with Crippen molar-refractivity contribution in [1.82, 2.24) is 24.5 Å². The van der Waals surface area contributed by atoms with Crippen molar-refractivity contribution >= 4 is 40.2 Å². The van der Waals surface area contributed by atoms with Gasteiger partial charge in [-0.1, -0.05) is 0 Å². The van der Waals surface area contributed by atoms with Gasteiger partial charge in [-0.3, -0.25) is 4.57 Å². The van der Waals surface area contributed by atoms with Crippen LogP contribution in [0, 0.1) is 9.39 Å². The Balaban J connectivity index is 1.95. The average Bonchev–Trinajstić information content (AvgIpc) is 2.95. The van der Waals surface area contributed by atoms with E-state index in [-0.39, 0.29) is 17.7 Å². The summed E-state index contributed by atoms with van der Waals surface area (Å²) in [5.41, 5.74) is 6.36. The van der Waals surface area contributed by atoms with Crippen molar-refractivity contribution in [2.45, 2.75) is 0 Å². The van der Waals surface area contributed by atoms with E-state index in [0.717, 1.165) is 0 Å². The Bertz CT molecular complexity index is 775. The topological polar surface area (TPSA) is 94.5 Å². The van der Waals surface area contributed by atoms with Crippen LogP contribution in [0.15, 0.2) is 36.9 Å². The second-order valence-electron chi connectivity index (χ2n) is 4.04. The van der Waals surface area contributed by atoms with E-state index in [1.807, 2.05) is 22.6 Å². The van der Waals surface area contributed by atoms with Crippen LogP contribution in [0.5, 0.6) is 0 Å². The summed E-state index contributed by atoms with van der Waals surface area (Å²) in [6.45, 7) is 0. The highest BCUT2D eigenvalue weighted by atomic mass is 127. The molecule has 2 aromatic heterocycles. The quantitative estimate of drug-likeness (QED) is 0.658. The average molecular weight is 397 g/mol. The molecule has 3 rings (SSSR count). The number of hydrogen-bond donors (Lipinski definition) is 2. The van der Waals surface area contributed by atoms with Crippen LogP contribution in [-0.2, 0) is 0 Å². The SMILES string of the molecule is Nc1nc(Nc2ccc(F)cc2I)nc(-n2ccnc2)n1. The van der Waals surface area contributed by atoms with Crippen LogP contribution < -0.4 is 11.1 Å². The smallest absolute Gasteiger partial charge is 0.241 e. The molecule has 1 aromatic carbocycles. The lowest BCUT2D eigenvalue weighted by atomic mass is 10.3. The fourth-order valence-electron chi connectivity index (χ4n) is 1.64. The molecule has 0 radical (unpaired) electrons. The van der Waals surface area contributed by atoms with Crippen molar-refractivity contribution in [3.05, 3.63) is 46.3 Å². The molecule has 0 bridgehead atoms. The van der Waals surface area contributed by atoms with Gasteiger partial charge >= 0.3 is 0 Å². The molecule has 0 unspecified atom stereocenters. The summed E-state index contributed by atoms with van der Waals surface area (Å²) in [5.74, 6) is 0.392. The number of rotatable bonds is 3. The Labute approximate surface area is 132 Å². The van der Waals surface area contributed by atoms with E-state index < -0.39 is 0 Å². The zero-order valence-corrected chi connectivity index (χ0v) is 12.7. The predicted octanol–water partition coefficient (Wildman–Crippen LogP) is 2.13. The van der Waals surface area contributed by atoms with E-state index in [0.29, 0.717) is 15.2 Å². The van der Waals surface area contributed by atoms with Crippen LogP contribution in [-0.4, -0.2) is 24.5 Å². The molecule has 0 aliphatic rings. The fraction of sp³-hybridized carbons (Fsp3) is 0. The molecule has 2 heterocycles. The van der Waals surface area contributed by atoms with Crippen LogP contribution in [0.1, 0.15) is 0 Å². The predicted molar refractivity (Wildman–Crippen MR) is 83.8 cm³/mol. The minimum Gasteiger partial charge on any atom is -0.368 e. The van der Waals surface area contributed by atoms with Crippen LogP contribution in [0.3, 0.4) is 0 Å². The third kappa shape index (κ3) is 3.07. The first-order valence-electron chi connectivity index (χ1n) is 5.84. The third-order valence-corrected chi connectivity index (χ3v) is 3.45. The van der Waals surface area contributed by atoms with Gasteiger partial charge in [-0.2, -0.15) is 15.0 Å². The number of hydrogen-bond acceptors (Lipinski definition) is 6. The minimum atomic E-state index is -0.306. The largest absolute Gasteiger partial charge is 0.368 e. The normalized spacial score (nSPS) is 10.6. The molecule has 0 saturated carbocycles. The summed E-state index contributed by atoms with van der Waals surface area (Å²) in [4.78, 5) is 16.2. The van der Waals surface area contributed by atoms with E-state index in [2.05, 4.69) is 25.3 Å². The van der Waals surface area contributed by atoms with Gasteiger partial charge in [-0.15, -0.1) is 0 Å². The molecular formula is C12H9FIN7. The fourth-order valence-corrected chi connectivity index (χ4v) is 2.25. The first-order valence-corrected chi connectivity index (χ1v) is 6.91. The highest BCUT2D eigenvalue weighted by molar-refractivity contribution is 14.1. The van der Waals surface area contributed by atoms with Gasteiger partial charge in [-0.25, -0.2) is 9.37 Å². The van der Waals surface area contributed by atoms with Crippen molar-refractivity contribution in [3.63, 3.8) is 0 Å². The second-order valence-corrected chi connectivity index (χ2v) is 5.20. The van der Waals surface area contributed by atoms with Gasteiger partial charge in [-0.05, 0) is 40.8 Å². The summed E-state index contributed by atoms with van der Waals surface area (Å²) < 4.78 is 15.4. The van der Waals surface area contributed by atoms with Crippen LogP contribution in [0.4, 0.5) is 22.0 Å². The molecule has 0 spiro atoms. The molecule has 3 aromatic rings.